The van der Waals surface area contributed by atoms with Crippen molar-refractivity contribution in [3.05, 3.63) is 610 Å². The second kappa shape index (κ2) is 40.5. The molecule has 0 heterocycles. The molecular weight excluding hydrogens is 1810 g/mol. The minimum Gasteiger partial charge on any atom is -0.310 e. The van der Waals surface area contributed by atoms with Crippen LogP contribution in [-0.4, -0.2) is 0 Å². The fourth-order valence-corrected chi connectivity index (χ4v) is 23.2. The maximum atomic E-state index is 2.48. The van der Waals surface area contributed by atoms with Gasteiger partial charge in [-0.3, -0.25) is 0 Å². The Balaban J connectivity index is 0.000000120. The van der Waals surface area contributed by atoms with Crippen LogP contribution in [0.1, 0.15) is 74.9 Å². The molecule has 0 unspecified atom stereocenters. The van der Waals surface area contributed by atoms with Crippen molar-refractivity contribution >= 4 is 51.2 Å². The van der Waals surface area contributed by atoms with E-state index >= 15 is 0 Å². The number of anilines is 9. The van der Waals surface area contributed by atoms with Crippen molar-refractivity contribution in [3.63, 3.8) is 0 Å². The van der Waals surface area contributed by atoms with Crippen LogP contribution in [0.5, 0.6) is 0 Å². The Kier molecular flexibility index (Phi) is 25.3. The van der Waals surface area contributed by atoms with Crippen LogP contribution in [0.2, 0.25) is 0 Å². The van der Waals surface area contributed by atoms with Gasteiger partial charge in [-0.25, -0.2) is 0 Å². The lowest BCUT2D eigenvalue weighted by atomic mass is 9.82. The van der Waals surface area contributed by atoms with Crippen molar-refractivity contribution < 1.29 is 0 Å². The van der Waals surface area contributed by atoms with Gasteiger partial charge in [-0.15, -0.1) is 0 Å². The van der Waals surface area contributed by atoms with E-state index in [1.54, 1.807) is 0 Å². The summed E-state index contributed by atoms with van der Waals surface area (Å²) in [5.74, 6) is 0. The van der Waals surface area contributed by atoms with Gasteiger partial charge in [0.05, 0.1) is 22.7 Å². The van der Waals surface area contributed by atoms with Crippen LogP contribution in [0.4, 0.5) is 51.2 Å². The van der Waals surface area contributed by atoms with Crippen LogP contribution in [-0.2, 0) is 16.2 Å². The maximum absolute atomic E-state index is 2.48. The van der Waals surface area contributed by atoms with Crippen LogP contribution in [0.3, 0.4) is 0 Å². The van der Waals surface area contributed by atoms with E-state index in [1.807, 2.05) is 0 Å². The maximum Gasteiger partial charge on any atom is 0.0540 e. The molecule has 0 radical (unpaired) electrons. The van der Waals surface area contributed by atoms with Crippen LogP contribution in [0.25, 0.3) is 156 Å². The lowest BCUT2D eigenvalue weighted by Gasteiger charge is -2.31. The molecule has 3 heteroatoms. The average molecular weight is 1920 g/mol. The molecule has 0 spiro atoms. The SMILES string of the molecule is CC1(C)c2ccccc2-c2ccc(N(c3ccc(-c4ccccc4-c4ccc(-c5ccccc5)cc4)cc3)c3ccccc3-c3ccccc3)cc21.CC1(C)c2ccccc2-c2ccc(N(c3cccc(-c4ccccc4)c3)c3ccccc3-c3ccc(-c4ccccc4)cc3)cc21.CC1(C)c2ccccc2-c2ccc(N(c3ccccc3-c3ccccc3)c3ccccc3-c3ccccc3-c3ccc(-c4ccccc4)cc3)cc21. The van der Waals surface area contributed by atoms with Gasteiger partial charge in [0.2, 0.25) is 0 Å². The molecule has 3 nitrogen and oxygen atoms in total. The van der Waals surface area contributed by atoms with Gasteiger partial charge in [-0.2, -0.15) is 0 Å². The number of hydrogen-bond acceptors (Lipinski definition) is 3. The highest BCUT2D eigenvalue weighted by Gasteiger charge is 2.40. The lowest BCUT2D eigenvalue weighted by molar-refractivity contribution is 0.660. The zero-order valence-electron chi connectivity index (χ0n) is 85.2. The summed E-state index contributed by atoms with van der Waals surface area (Å²) in [6, 6.07) is 209. The Morgan fingerprint density at radius 1 is 0.107 bits per heavy atom. The molecule has 0 atom stereocenters. The van der Waals surface area contributed by atoms with Gasteiger partial charge in [0.25, 0.3) is 0 Å². The summed E-state index contributed by atoms with van der Waals surface area (Å²) in [4.78, 5) is 7.35. The number of para-hydroxylation sites is 4. The van der Waals surface area contributed by atoms with Crippen molar-refractivity contribution in [1.82, 2.24) is 0 Å². The standard InChI is InChI=1S/2C51H39N.C45H35N/c1-51(2)47-26-14-11-24-44(47)45-34-33-40(35-48(45)51)52(49-27-15-12-22-42(49)38-19-7-4-8-20-38)50-28-16-13-25-46(50)43-23-10-9-21-41(43)39-31-29-37(30-32-39)36-17-5-3-6-18-36;1-51(2)48-23-13-11-22-46(48)47-34-33-42(35-49(47)51)52(50-24-14-12-21-45(50)38-17-7-4-8-18-38)41-31-29-40(30-32-41)44-20-10-9-19-43(44)39-27-25-37(26-28-39)36-15-5-3-6-16-36;1-45(2)42-22-11-9-21-40(42)41-29-28-38(31-43(41)45)46(37-19-13-18-36(30-37)33-16-7-4-8-17-33)44-23-12-10-20-39(44)35-26-24-34(25-27-35)32-14-5-3-6-15-32/h2*3-35H,1-2H3;3-31H,1-2H3. The number of fused-ring (bicyclic) bond motifs is 9. The van der Waals surface area contributed by atoms with E-state index in [4.69, 9.17) is 0 Å². The van der Waals surface area contributed by atoms with Gasteiger partial charge in [0.1, 0.15) is 0 Å². The highest BCUT2D eigenvalue weighted by Crippen LogP contribution is 2.58. The molecule has 0 saturated carbocycles. The molecule has 0 fully saturated rings. The zero-order valence-corrected chi connectivity index (χ0v) is 85.2. The Bertz CT molecular complexity index is 8840. The largest absolute Gasteiger partial charge is 0.310 e. The first kappa shape index (κ1) is 93.8. The number of benzene rings is 23. The van der Waals surface area contributed by atoms with Gasteiger partial charge in [0.15, 0.2) is 0 Å². The van der Waals surface area contributed by atoms with E-state index in [-0.39, 0.29) is 16.2 Å². The Labute approximate surface area is 882 Å². The average Bonchev–Trinajstić information content (AvgIpc) is 1.57. The van der Waals surface area contributed by atoms with Crippen LogP contribution >= 0.6 is 0 Å². The highest BCUT2D eigenvalue weighted by molar-refractivity contribution is 6.01. The number of rotatable bonds is 20. The van der Waals surface area contributed by atoms with Crippen molar-refractivity contribution in [2.24, 2.45) is 0 Å². The van der Waals surface area contributed by atoms with Crippen LogP contribution in [0, 0.1) is 0 Å². The summed E-state index contributed by atoms with van der Waals surface area (Å²) < 4.78 is 0. The smallest absolute Gasteiger partial charge is 0.0540 e. The summed E-state index contributed by atoms with van der Waals surface area (Å²) in [5.41, 5.74) is 52.6. The van der Waals surface area contributed by atoms with Gasteiger partial charge >= 0.3 is 0 Å². The predicted molar refractivity (Wildman–Crippen MR) is 636 cm³/mol. The Morgan fingerprint density at radius 3 is 0.647 bits per heavy atom. The lowest BCUT2D eigenvalue weighted by Crippen LogP contribution is -2.17. The molecular formula is C147H113N3. The summed E-state index contributed by atoms with van der Waals surface area (Å²) in [6.07, 6.45) is 0. The Hall–Kier alpha value is -18.5. The molecule has 0 N–H and O–H groups in total. The quantitative estimate of drug-likeness (QED) is 0.0753. The normalized spacial score (nSPS) is 12.6. The highest BCUT2D eigenvalue weighted by atomic mass is 15.2. The summed E-state index contributed by atoms with van der Waals surface area (Å²) in [5, 5.41) is 0. The topological polar surface area (TPSA) is 9.72 Å². The molecule has 0 saturated heterocycles. The molecule has 0 aromatic heterocycles. The van der Waals surface area contributed by atoms with Gasteiger partial charge in [-0.05, 0) is 252 Å². The molecule has 3 aliphatic rings. The van der Waals surface area contributed by atoms with E-state index in [0.717, 1.165) is 51.2 Å². The second-order valence-electron chi connectivity index (χ2n) is 40.9. The molecule has 23 aromatic rings. The van der Waals surface area contributed by atoms with Crippen molar-refractivity contribution in [3.8, 4) is 156 Å². The van der Waals surface area contributed by atoms with Gasteiger partial charge in [-0.1, -0.05) is 533 Å². The second-order valence-corrected chi connectivity index (χ2v) is 40.9. The first-order valence-electron chi connectivity index (χ1n) is 52.2. The van der Waals surface area contributed by atoms with Crippen LogP contribution < -0.4 is 14.7 Å². The predicted octanol–water partition coefficient (Wildman–Crippen LogP) is 40.7. The Morgan fingerprint density at radius 2 is 0.300 bits per heavy atom. The number of nitrogens with zero attached hydrogens (tertiary/aromatic N) is 3. The summed E-state index contributed by atoms with van der Waals surface area (Å²) >= 11 is 0. The van der Waals surface area contributed by atoms with Crippen molar-refractivity contribution in [1.29, 1.82) is 0 Å². The fourth-order valence-electron chi connectivity index (χ4n) is 23.2. The number of hydrogen-bond donors (Lipinski definition) is 0. The first-order valence-corrected chi connectivity index (χ1v) is 52.2. The molecule has 150 heavy (non-hydrogen) atoms. The van der Waals surface area contributed by atoms with Crippen molar-refractivity contribution in [2.45, 2.75) is 57.8 Å². The summed E-state index contributed by atoms with van der Waals surface area (Å²) in [6.45, 7) is 14.1. The van der Waals surface area contributed by atoms with Gasteiger partial charge in [0, 0.05) is 66.9 Å². The fraction of sp³-hybridized carbons (Fsp3) is 0.0612. The van der Waals surface area contributed by atoms with Gasteiger partial charge < -0.3 is 14.7 Å². The summed E-state index contributed by atoms with van der Waals surface area (Å²) in [7, 11) is 0. The third-order valence-corrected chi connectivity index (χ3v) is 30.9. The van der Waals surface area contributed by atoms with E-state index in [1.165, 1.54) is 189 Å². The van der Waals surface area contributed by atoms with E-state index in [0.29, 0.717) is 0 Å². The third-order valence-electron chi connectivity index (χ3n) is 30.9. The molecule has 0 aliphatic heterocycles. The zero-order chi connectivity index (χ0) is 101. The van der Waals surface area contributed by atoms with E-state index in [2.05, 4.69) is 633 Å². The van der Waals surface area contributed by atoms with Crippen LogP contribution in [0.15, 0.2) is 576 Å². The van der Waals surface area contributed by atoms with E-state index in [9.17, 15) is 0 Å². The molecule has 23 aromatic carbocycles. The molecule has 0 bridgehead atoms. The minimum atomic E-state index is -0.120. The van der Waals surface area contributed by atoms with E-state index < -0.39 is 0 Å². The van der Waals surface area contributed by atoms with Crippen molar-refractivity contribution in [2.75, 3.05) is 14.7 Å². The first-order chi connectivity index (χ1) is 73.7. The molecule has 0 amide bonds. The monoisotopic (exact) mass is 1920 g/mol. The molecule has 26 rings (SSSR count). The third kappa shape index (κ3) is 17.9. The molecule has 3 aliphatic carbocycles. The molecule has 716 valence electrons. The minimum absolute atomic E-state index is 0.0910.